The molecule has 164 valence electrons. The van der Waals surface area contributed by atoms with Crippen LogP contribution in [-0.4, -0.2) is 56.9 Å². The Labute approximate surface area is 185 Å². The Kier molecular flexibility index (Phi) is 5.91. The smallest absolute Gasteiger partial charge is 0.239 e. The van der Waals surface area contributed by atoms with Gasteiger partial charge in [-0.15, -0.1) is 5.10 Å². The molecule has 5 rings (SSSR count). The molecule has 1 aliphatic heterocycles. The molecule has 9 nitrogen and oxygen atoms in total. The minimum absolute atomic E-state index is 0.121. The molecule has 1 amide bonds. The monoisotopic (exact) mass is 431 g/mol. The van der Waals surface area contributed by atoms with Crippen LogP contribution in [0, 0.1) is 0 Å². The Morgan fingerprint density at radius 1 is 1.16 bits per heavy atom. The number of aromatic nitrogens is 5. The van der Waals surface area contributed by atoms with Crippen molar-refractivity contribution in [3.63, 3.8) is 0 Å². The number of ether oxygens (including phenoxy) is 1. The molecule has 2 aromatic heterocycles. The molecular weight excluding hydrogens is 406 g/mol. The van der Waals surface area contributed by atoms with Crippen LogP contribution in [0.3, 0.4) is 0 Å². The fourth-order valence-electron chi connectivity index (χ4n) is 3.86. The Morgan fingerprint density at radius 3 is 2.84 bits per heavy atom. The second kappa shape index (κ2) is 9.29. The van der Waals surface area contributed by atoms with Crippen LogP contribution in [0.2, 0.25) is 0 Å². The summed E-state index contributed by atoms with van der Waals surface area (Å²) >= 11 is 0. The molecule has 3 heterocycles. The fourth-order valence-corrected chi connectivity index (χ4v) is 3.86. The third kappa shape index (κ3) is 4.68. The number of amides is 1. The zero-order chi connectivity index (χ0) is 21.8. The van der Waals surface area contributed by atoms with Gasteiger partial charge in [-0.2, -0.15) is 5.10 Å². The van der Waals surface area contributed by atoms with Crippen molar-refractivity contribution in [1.82, 2.24) is 30.5 Å². The molecule has 2 aromatic carbocycles. The fraction of sp³-hybridized carbons (Fsp3) is 0.304. The molecule has 0 aliphatic carbocycles. The van der Waals surface area contributed by atoms with E-state index >= 15 is 0 Å². The maximum atomic E-state index is 12.4. The van der Waals surface area contributed by atoms with Crippen molar-refractivity contribution in [3.8, 4) is 11.3 Å². The van der Waals surface area contributed by atoms with E-state index < -0.39 is 0 Å². The highest BCUT2D eigenvalue weighted by Gasteiger charge is 2.16. The Bertz CT molecular complexity index is 1200. The highest BCUT2D eigenvalue weighted by Crippen LogP contribution is 2.26. The van der Waals surface area contributed by atoms with Crippen LogP contribution in [0.4, 0.5) is 5.82 Å². The number of nitrogens with zero attached hydrogens (tertiary/aromatic N) is 4. The van der Waals surface area contributed by atoms with Crippen molar-refractivity contribution in [3.05, 3.63) is 60.3 Å². The first-order valence-electron chi connectivity index (χ1n) is 10.8. The van der Waals surface area contributed by atoms with Gasteiger partial charge in [-0.1, -0.05) is 41.6 Å². The first-order chi connectivity index (χ1) is 15.7. The molecular formula is C23H25N7O2. The molecule has 1 fully saturated rings. The van der Waals surface area contributed by atoms with Gasteiger partial charge in [0, 0.05) is 30.2 Å². The zero-order valence-electron chi connectivity index (χ0n) is 17.6. The van der Waals surface area contributed by atoms with Gasteiger partial charge in [-0.3, -0.25) is 9.89 Å². The van der Waals surface area contributed by atoms with Gasteiger partial charge in [0.2, 0.25) is 5.91 Å². The maximum Gasteiger partial charge on any atom is 0.239 e. The number of benzene rings is 2. The van der Waals surface area contributed by atoms with E-state index in [4.69, 9.17) is 4.74 Å². The van der Waals surface area contributed by atoms with E-state index in [1.807, 2.05) is 47.3 Å². The average molecular weight is 432 g/mol. The molecule has 0 bridgehead atoms. The first kappa shape index (κ1) is 20.3. The Hall–Kier alpha value is -3.56. The van der Waals surface area contributed by atoms with Gasteiger partial charge in [-0.05, 0) is 30.5 Å². The summed E-state index contributed by atoms with van der Waals surface area (Å²) in [5, 5.41) is 22.9. The predicted molar refractivity (Wildman–Crippen MR) is 121 cm³/mol. The maximum absolute atomic E-state index is 12.4. The highest BCUT2D eigenvalue weighted by atomic mass is 16.5. The lowest BCUT2D eigenvalue weighted by molar-refractivity contribution is -0.115. The van der Waals surface area contributed by atoms with Gasteiger partial charge in [0.25, 0.3) is 0 Å². The van der Waals surface area contributed by atoms with Crippen molar-refractivity contribution < 1.29 is 9.53 Å². The van der Waals surface area contributed by atoms with Gasteiger partial charge in [-0.25, -0.2) is 4.68 Å². The van der Waals surface area contributed by atoms with E-state index in [2.05, 4.69) is 43.3 Å². The third-order valence-corrected chi connectivity index (χ3v) is 5.62. The lowest BCUT2D eigenvalue weighted by atomic mass is 10.1. The normalized spacial score (nSPS) is 14.6. The molecule has 4 aromatic rings. The molecule has 0 atom stereocenters. The number of H-pyrrole nitrogens is 1. The van der Waals surface area contributed by atoms with Crippen LogP contribution in [0.5, 0.6) is 0 Å². The number of carbonyl (C=O) groups is 1. The largest absolute Gasteiger partial charge is 0.381 e. The molecule has 9 heteroatoms. The molecule has 0 radical (unpaired) electrons. The number of fused-ring (bicyclic) bond motifs is 1. The van der Waals surface area contributed by atoms with Gasteiger partial charge in [0.15, 0.2) is 5.82 Å². The van der Waals surface area contributed by atoms with Crippen LogP contribution in [0.1, 0.15) is 18.4 Å². The molecule has 1 saturated heterocycles. The minimum atomic E-state index is -0.121. The van der Waals surface area contributed by atoms with E-state index in [1.54, 1.807) is 0 Å². The summed E-state index contributed by atoms with van der Waals surface area (Å²) in [4.78, 5) is 12.4. The first-order valence-corrected chi connectivity index (χ1v) is 10.8. The van der Waals surface area contributed by atoms with Gasteiger partial charge in [0.05, 0.1) is 24.8 Å². The zero-order valence-corrected chi connectivity index (χ0v) is 17.6. The summed E-state index contributed by atoms with van der Waals surface area (Å²) in [5.74, 6) is 0.390. The number of hydrogen-bond donors (Lipinski definition) is 3. The standard InChI is InChI=1S/C23H25N7O2/c31-22(13-24-18-8-10-32-11-9-18)25-23-19-12-17(6-7-20(19)26-28-23)21-15-30(29-27-21)14-16-4-2-1-3-5-16/h1-7,12,15,18,24H,8-11,13-14H2,(H2,25,26,28,31). The van der Waals surface area contributed by atoms with E-state index in [0.29, 0.717) is 18.4 Å². The quantitative estimate of drug-likeness (QED) is 0.415. The van der Waals surface area contributed by atoms with Gasteiger partial charge < -0.3 is 15.4 Å². The molecule has 0 saturated carbocycles. The van der Waals surface area contributed by atoms with Crippen LogP contribution in [-0.2, 0) is 16.1 Å². The number of hydrogen-bond acceptors (Lipinski definition) is 6. The van der Waals surface area contributed by atoms with E-state index in [1.165, 1.54) is 0 Å². The lowest BCUT2D eigenvalue weighted by Gasteiger charge is -2.22. The van der Waals surface area contributed by atoms with Gasteiger partial charge >= 0.3 is 0 Å². The van der Waals surface area contributed by atoms with Gasteiger partial charge in [0.1, 0.15) is 5.69 Å². The predicted octanol–water partition coefficient (Wildman–Crippen LogP) is 2.58. The number of anilines is 1. The van der Waals surface area contributed by atoms with Crippen LogP contribution in [0.15, 0.2) is 54.7 Å². The van der Waals surface area contributed by atoms with Crippen molar-refractivity contribution >= 4 is 22.6 Å². The number of carbonyl (C=O) groups excluding carboxylic acids is 1. The molecule has 0 spiro atoms. The summed E-state index contributed by atoms with van der Waals surface area (Å²) in [6, 6.07) is 16.3. The van der Waals surface area contributed by atoms with E-state index in [0.717, 1.165) is 53.8 Å². The Morgan fingerprint density at radius 2 is 2.00 bits per heavy atom. The molecule has 1 aliphatic rings. The van der Waals surface area contributed by atoms with Crippen LogP contribution >= 0.6 is 0 Å². The summed E-state index contributed by atoms with van der Waals surface area (Å²) in [5.41, 5.74) is 3.68. The summed E-state index contributed by atoms with van der Waals surface area (Å²) in [6.07, 6.45) is 3.77. The summed E-state index contributed by atoms with van der Waals surface area (Å²) in [7, 11) is 0. The number of aromatic amines is 1. The van der Waals surface area contributed by atoms with Crippen molar-refractivity contribution in [2.75, 3.05) is 25.1 Å². The minimum Gasteiger partial charge on any atom is -0.381 e. The van der Waals surface area contributed by atoms with Crippen molar-refractivity contribution in [2.24, 2.45) is 0 Å². The summed E-state index contributed by atoms with van der Waals surface area (Å²) in [6.45, 7) is 2.37. The molecule has 0 unspecified atom stereocenters. The SMILES string of the molecule is O=C(CNC1CCOCC1)Nc1n[nH]c2ccc(-c3cn(Cc4ccccc4)nn3)cc12. The van der Waals surface area contributed by atoms with Crippen molar-refractivity contribution in [1.29, 1.82) is 0 Å². The van der Waals surface area contributed by atoms with E-state index in [-0.39, 0.29) is 12.5 Å². The topological polar surface area (TPSA) is 110 Å². The van der Waals surface area contributed by atoms with Crippen LogP contribution in [0.25, 0.3) is 22.2 Å². The second-order valence-corrected chi connectivity index (χ2v) is 7.94. The Balaban J connectivity index is 1.28. The molecule has 3 N–H and O–H groups in total. The average Bonchev–Trinajstić information content (AvgIpc) is 3.46. The highest BCUT2D eigenvalue weighted by molar-refractivity contribution is 6.01. The van der Waals surface area contributed by atoms with Crippen LogP contribution < -0.4 is 10.6 Å². The van der Waals surface area contributed by atoms with E-state index in [9.17, 15) is 4.79 Å². The van der Waals surface area contributed by atoms with Crippen molar-refractivity contribution in [2.45, 2.75) is 25.4 Å². The second-order valence-electron chi connectivity index (χ2n) is 7.94. The number of rotatable bonds is 7. The third-order valence-electron chi connectivity index (χ3n) is 5.62. The summed E-state index contributed by atoms with van der Waals surface area (Å²) < 4.78 is 7.17. The number of nitrogens with one attached hydrogen (secondary N) is 3. The lowest BCUT2D eigenvalue weighted by Crippen LogP contribution is -2.39. The molecule has 32 heavy (non-hydrogen) atoms.